The molecule has 6 nitrogen and oxygen atoms in total. The lowest BCUT2D eigenvalue weighted by Crippen LogP contribution is -2.53. The molecule has 1 unspecified atom stereocenters. The van der Waals surface area contributed by atoms with E-state index in [2.05, 4.69) is 71.6 Å². The Balaban J connectivity index is 1.11. The van der Waals surface area contributed by atoms with Gasteiger partial charge in [0.1, 0.15) is 32.7 Å². The van der Waals surface area contributed by atoms with Gasteiger partial charge in [0.05, 0.1) is 48.3 Å². The molecule has 296 valence electrons. The minimum absolute atomic E-state index is 0.0401. The fraction of sp³-hybridized carbons (Fsp3) is 0.250. The quantitative estimate of drug-likeness (QED) is 0.0610. The molecule has 0 aromatic heterocycles. The van der Waals surface area contributed by atoms with Gasteiger partial charge in [-0.25, -0.2) is 0 Å². The lowest BCUT2D eigenvalue weighted by molar-refractivity contribution is -0.970. The molecule has 0 saturated heterocycles. The van der Waals surface area contributed by atoms with Gasteiger partial charge in [0, 0.05) is 56.5 Å². The van der Waals surface area contributed by atoms with Crippen LogP contribution in [0.2, 0.25) is 0 Å². The molecule has 0 heterocycles. The van der Waals surface area contributed by atoms with E-state index in [-0.39, 0.29) is 17.3 Å². The molecule has 6 aromatic rings. The minimum atomic E-state index is 0.0401. The van der Waals surface area contributed by atoms with Crippen molar-refractivity contribution in [3.8, 4) is 0 Å². The van der Waals surface area contributed by atoms with Gasteiger partial charge in [-0.1, -0.05) is 164 Å². The first-order chi connectivity index (χ1) is 27.8. The fourth-order valence-electron chi connectivity index (χ4n) is 7.80. The largest absolute Gasteiger partial charge is 0.325 e. The Morgan fingerprint density at radius 2 is 0.621 bits per heavy atom. The highest BCUT2D eigenvalue weighted by Crippen LogP contribution is 2.21. The number of nitrogens with zero attached hydrogens (tertiary/aromatic N) is 3. The van der Waals surface area contributed by atoms with Gasteiger partial charge >= 0.3 is 0 Å². The number of carbonyl (C=O) groups excluding carboxylic acids is 3. The first-order valence-electron chi connectivity index (χ1n) is 20.3. The molecule has 0 radical (unpaired) electrons. The highest BCUT2D eigenvalue weighted by atomic mass is 16.1. The number of carbonyl (C=O) groups is 3. The van der Waals surface area contributed by atoms with Gasteiger partial charge in [-0.15, -0.1) is 0 Å². The molecule has 0 fully saturated rings. The number of quaternary nitrogens is 3. The van der Waals surface area contributed by atoms with Crippen molar-refractivity contribution >= 4 is 17.3 Å². The van der Waals surface area contributed by atoms with E-state index in [4.69, 9.17) is 0 Å². The van der Waals surface area contributed by atoms with Crippen LogP contribution in [-0.2, 0) is 19.6 Å². The average Bonchev–Trinajstić information content (AvgIpc) is 3.24. The van der Waals surface area contributed by atoms with E-state index in [1.807, 2.05) is 127 Å². The van der Waals surface area contributed by atoms with E-state index in [1.54, 1.807) is 0 Å². The summed E-state index contributed by atoms with van der Waals surface area (Å²) in [4.78, 5) is 39.1. The Morgan fingerprint density at radius 3 is 0.966 bits per heavy atom. The van der Waals surface area contributed by atoms with Crippen molar-refractivity contribution in [2.75, 3.05) is 61.4 Å². The Morgan fingerprint density at radius 1 is 0.328 bits per heavy atom. The van der Waals surface area contributed by atoms with Crippen LogP contribution >= 0.6 is 0 Å². The molecule has 6 rings (SSSR count). The molecule has 1 atom stereocenters. The van der Waals surface area contributed by atoms with Crippen LogP contribution in [0.5, 0.6) is 0 Å². The summed E-state index contributed by atoms with van der Waals surface area (Å²) in [6.07, 6.45) is 1.04. The zero-order valence-corrected chi connectivity index (χ0v) is 34.8. The fourth-order valence-corrected chi connectivity index (χ4v) is 7.80. The van der Waals surface area contributed by atoms with Gasteiger partial charge in [-0.05, 0) is 0 Å². The minimum Gasteiger partial charge on any atom is -0.325 e. The zero-order valence-electron chi connectivity index (χ0n) is 34.8. The third kappa shape index (κ3) is 11.6. The Kier molecular flexibility index (Phi) is 13.4. The summed E-state index contributed by atoms with van der Waals surface area (Å²) >= 11 is 0. The predicted octanol–water partition coefficient (Wildman–Crippen LogP) is 9.27. The molecule has 6 heteroatoms. The van der Waals surface area contributed by atoms with Gasteiger partial charge < -0.3 is 13.4 Å². The van der Waals surface area contributed by atoms with E-state index in [0.717, 1.165) is 65.7 Å². The van der Waals surface area contributed by atoms with Crippen molar-refractivity contribution < 1.29 is 27.8 Å². The Labute approximate surface area is 345 Å². The van der Waals surface area contributed by atoms with Crippen molar-refractivity contribution in [3.63, 3.8) is 0 Å². The van der Waals surface area contributed by atoms with Gasteiger partial charge in [0.2, 0.25) is 0 Å². The van der Waals surface area contributed by atoms with Crippen LogP contribution in [0.15, 0.2) is 164 Å². The molecule has 0 amide bonds. The molecule has 0 aliphatic rings. The number of benzene rings is 6. The van der Waals surface area contributed by atoms with Crippen molar-refractivity contribution in [1.29, 1.82) is 0 Å². The molecular formula is C52H58N3O3+3. The van der Waals surface area contributed by atoms with Crippen LogP contribution in [0, 0.1) is 0 Å². The van der Waals surface area contributed by atoms with Crippen LogP contribution in [0.1, 0.15) is 70.9 Å². The van der Waals surface area contributed by atoms with Crippen LogP contribution in [0.3, 0.4) is 0 Å². The van der Waals surface area contributed by atoms with E-state index in [0.29, 0.717) is 33.4 Å². The molecular weight excluding hydrogens is 715 g/mol. The Bertz CT molecular complexity index is 2270. The van der Waals surface area contributed by atoms with Crippen molar-refractivity contribution in [2.45, 2.75) is 26.1 Å². The van der Waals surface area contributed by atoms with Crippen molar-refractivity contribution in [3.05, 3.63) is 214 Å². The summed E-state index contributed by atoms with van der Waals surface area (Å²) in [6, 6.07) is 52.7. The highest BCUT2D eigenvalue weighted by molar-refractivity contribution is 6.10. The summed E-state index contributed by atoms with van der Waals surface area (Å²) in [5, 5.41) is 0. The lowest BCUT2D eigenvalue weighted by atomic mass is 10.0. The highest BCUT2D eigenvalue weighted by Gasteiger charge is 2.29. The van der Waals surface area contributed by atoms with E-state index < -0.39 is 0 Å². The van der Waals surface area contributed by atoms with Crippen LogP contribution in [-0.4, -0.2) is 92.2 Å². The molecule has 0 saturated carbocycles. The SMILES string of the molecule is C[N+](C)(CCC[N+](C)(CC[N+](C)(C)Cc1ccc(C(=O)c2ccccc2)cc1)Cc1ccc(C(=O)c2ccccc2)cc1)Cc1ccc(C(=O)c2ccccc2)cc1. The van der Waals surface area contributed by atoms with E-state index in [9.17, 15) is 14.4 Å². The maximum atomic E-state index is 13.2. The Hall–Kier alpha value is -5.79. The molecule has 0 aliphatic heterocycles. The smallest absolute Gasteiger partial charge is 0.193 e. The van der Waals surface area contributed by atoms with Crippen molar-refractivity contribution in [2.24, 2.45) is 0 Å². The van der Waals surface area contributed by atoms with Gasteiger partial charge in [-0.3, -0.25) is 14.4 Å². The van der Waals surface area contributed by atoms with E-state index in [1.165, 1.54) is 16.7 Å². The summed E-state index contributed by atoms with van der Waals surface area (Å²) in [5.41, 5.74) is 7.87. The van der Waals surface area contributed by atoms with Crippen molar-refractivity contribution in [1.82, 2.24) is 0 Å². The van der Waals surface area contributed by atoms with Crippen LogP contribution in [0.25, 0.3) is 0 Å². The predicted molar refractivity (Wildman–Crippen MR) is 235 cm³/mol. The number of ketones is 3. The topological polar surface area (TPSA) is 51.2 Å². The third-order valence-electron chi connectivity index (χ3n) is 11.2. The first-order valence-corrected chi connectivity index (χ1v) is 20.3. The van der Waals surface area contributed by atoms with Gasteiger partial charge in [-0.2, -0.15) is 0 Å². The van der Waals surface area contributed by atoms with Gasteiger partial charge in [0.25, 0.3) is 0 Å². The second kappa shape index (κ2) is 18.6. The molecule has 0 spiro atoms. The summed E-state index contributed by atoms with van der Waals surface area (Å²) < 4.78 is 2.52. The summed E-state index contributed by atoms with van der Waals surface area (Å²) in [6.45, 7) is 6.56. The lowest BCUT2D eigenvalue weighted by Gasteiger charge is -2.39. The number of hydrogen-bond donors (Lipinski definition) is 0. The molecule has 6 aromatic carbocycles. The number of hydrogen-bond acceptors (Lipinski definition) is 3. The maximum Gasteiger partial charge on any atom is 0.193 e. The zero-order chi connectivity index (χ0) is 41.2. The number of likely N-dealkylation sites (N-methyl/N-ethyl adjacent to an activating group) is 2. The molecule has 0 N–H and O–H groups in total. The average molecular weight is 773 g/mol. The monoisotopic (exact) mass is 772 g/mol. The first kappa shape index (κ1) is 41.8. The molecule has 0 bridgehead atoms. The van der Waals surface area contributed by atoms with Gasteiger partial charge in [0.15, 0.2) is 17.3 Å². The number of rotatable bonds is 19. The molecule has 58 heavy (non-hydrogen) atoms. The standard InChI is InChI=1S/C52H58N3O3/c1-53(2,38-41-22-28-47(29-23-41)50(56)44-16-9-6-10-17-44)34-15-35-55(5,40-43-26-32-49(33-27-43)52(58)46-20-13-8-14-21-46)37-36-54(3,4)39-42-24-30-48(31-25-42)51(57)45-18-11-7-12-19-45/h6-14,16-33H,15,34-40H2,1-5H3/q+3. The second-order valence-electron chi connectivity index (χ2n) is 17.4. The maximum absolute atomic E-state index is 13.2. The van der Waals surface area contributed by atoms with Crippen LogP contribution < -0.4 is 0 Å². The molecule has 0 aliphatic carbocycles. The summed E-state index contributed by atoms with van der Waals surface area (Å²) in [5.74, 6) is 0.130. The van der Waals surface area contributed by atoms with E-state index >= 15 is 0 Å². The van der Waals surface area contributed by atoms with Crippen LogP contribution in [0.4, 0.5) is 0 Å². The summed E-state index contributed by atoms with van der Waals surface area (Å²) in [7, 11) is 11.5. The third-order valence-corrected chi connectivity index (χ3v) is 11.2. The normalized spacial score (nSPS) is 12.8. The second-order valence-corrected chi connectivity index (χ2v) is 17.4.